The maximum atomic E-state index is 12.2. The summed E-state index contributed by atoms with van der Waals surface area (Å²) in [4.78, 5) is 16.2. The summed E-state index contributed by atoms with van der Waals surface area (Å²) in [7, 11) is 0. The van der Waals surface area contributed by atoms with Gasteiger partial charge in [0.1, 0.15) is 0 Å². The molecule has 0 aliphatic carbocycles. The number of carbonyl (C=O) groups excluding carboxylic acids is 1. The number of ketones is 1. The molecule has 0 aliphatic rings. The maximum absolute atomic E-state index is 12.2. The molecule has 86 valence electrons. The number of rotatable bonds is 2. The van der Waals surface area contributed by atoms with Crippen molar-refractivity contribution in [2.75, 3.05) is 0 Å². The van der Waals surface area contributed by atoms with Crippen molar-refractivity contribution >= 4 is 17.4 Å². The fourth-order valence-corrected chi connectivity index (χ4v) is 1.80. The molecule has 2 rings (SSSR count). The van der Waals surface area contributed by atoms with Gasteiger partial charge in [0.25, 0.3) is 0 Å². The topological polar surface area (TPSA) is 30.0 Å². The van der Waals surface area contributed by atoms with Crippen molar-refractivity contribution < 1.29 is 4.79 Å². The molecule has 0 unspecified atom stereocenters. The van der Waals surface area contributed by atoms with Crippen molar-refractivity contribution in [2.45, 2.75) is 13.8 Å². The summed E-state index contributed by atoms with van der Waals surface area (Å²) in [5, 5.41) is 0.613. The van der Waals surface area contributed by atoms with E-state index in [1.165, 1.54) is 0 Å². The molecule has 1 heterocycles. The van der Waals surface area contributed by atoms with Crippen molar-refractivity contribution in [3.8, 4) is 0 Å². The Balaban J connectivity index is 2.44. The molecular formula is C14H12ClNO. The summed E-state index contributed by atoms with van der Waals surface area (Å²) >= 11 is 6.02. The Kier molecular flexibility index (Phi) is 3.25. The lowest BCUT2D eigenvalue weighted by molar-refractivity contribution is 0.103. The van der Waals surface area contributed by atoms with Crippen molar-refractivity contribution in [3.05, 3.63) is 63.9 Å². The Morgan fingerprint density at radius 1 is 1.18 bits per heavy atom. The van der Waals surface area contributed by atoms with Gasteiger partial charge in [0.05, 0.1) is 0 Å². The number of benzene rings is 1. The van der Waals surface area contributed by atoms with Gasteiger partial charge in [0, 0.05) is 28.5 Å². The minimum Gasteiger partial charge on any atom is -0.289 e. The maximum Gasteiger partial charge on any atom is 0.193 e. The zero-order valence-electron chi connectivity index (χ0n) is 9.70. The van der Waals surface area contributed by atoms with Gasteiger partial charge in [-0.1, -0.05) is 23.7 Å². The van der Waals surface area contributed by atoms with E-state index in [1.54, 1.807) is 30.6 Å². The summed E-state index contributed by atoms with van der Waals surface area (Å²) in [6, 6.07) is 7.08. The second kappa shape index (κ2) is 4.68. The number of halogens is 1. The van der Waals surface area contributed by atoms with Gasteiger partial charge in [-0.25, -0.2) is 0 Å². The molecule has 0 fully saturated rings. The first-order valence-corrected chi connectivity index (χ1v) is 5.69. The normalized spacial score (nSPS) is 10.3. The zero-order chi connectivity index (χ0) is 12.4. The molecule has 0 amide bonds. The summed E-state index contributed by atoms with van der Waals surface area (Å²) < 4.78 is 0. The quantitative estimate of drug-likeness (QED) is 0.757. The van der Waals surface area contributed by atoms with Crippen LogP contribution in [0.4, 0.5) is 0 Å². The van der Waals surface area contributed by atoms with Crippen LogP contribution in [0.5, 0.6) is 0 Å². The highest BCUT2D eigenvalue weighted by atomic mass is 35.5. The van der Waals surface area contributed by atoms with E-state index in [0.717, 1.165) is 11.1 Å². The van der Waals surface area contributed by atoms with Crippen LogP contribution in [0.2, 0.25) is 5.02 Å². The number of nitrogens with zero attached hydrogens (tertiary/aromatic N) is 1. The molecule has 0 saturated heterocycles. The Hall–Kier alpha value is -1.67. The van der Waals surface area contributed by atoms with Gasteiger partial charge in [-0.15, -0.1) is 0 Å². The molecule has 0 spiro atoms. The van der Waals surface area contributed by atoms with Gasteiger partial charge in [-0.05, 0) is 37.1 Å². The van der Waals surface area contributed by atoms with Gasteiger partial charge in [-0.2, -0.15) is 0 Å². The summed E-state index contributed by atoms with van der Waals surface area (Å²) in [6.45, 7) is 3.78. The molecule has 1 aromatic heterocycles. The first-order valence-electron chi connectivity index (χ1n) is 5.31. The predicted octanol–water partition coefficient (Wildman–Crippen LogP) is 3.58. The first kappa shape index (κ1) is 11.8. The second-order valence-electron chi connectivity index (χ2n) is 3.98. The average Bonchev–Trinajstić information content (AvgIpc) is 2.32. The molecule has 0 aliphatic heterocycles. The molecule has 3 heteroatoms. The second-order valence-corrected chi connectivity index (χ2v) is 4.39. The third-order valence-electron chi connectivity index (χ3n) is 2.70. The lowest BCUT2D eigenvalue weighted by atomic mass is 10.00. The van der Waals surface area contributed by atoms with Crippen LogP contribution in [-0.4, -0.2) is 10.8 Å². The average molecular weight is 246 g/mol. The van der Waals surface area contributed by atoms with Crippen LogP contribution in [0.3, 0.4) is 0 Å². The molecule has 0 N–H and O–H groups in total. The number of hydrogen-bond donors (Lipinski definition) is 0. The molecule has 2 nitrogen and oxygen atoms in total. The van der Waals surface area contributed by atoms with Gasteiger partial charge >= 0.3 is 0 Å². The smallest absolute Gasteiger partial charge is 0.193 e. The van der Waals surface area contributed by atoms with Gasteiger partial charge < -0.3 is 0 Å². The highest BCUT2D eigenvalue weighted by molar-refractivity contribution is 6.31. The molecule has 0 saturated carbocycles. The fourth-order valence-electron chi connectivity index (χ4n) is 1.62. The number of aryl methyl sites for hydroxylation is 2. The Morgan fingerprint density at radius 2 is 1.94 bits per heavy atom. The SMILES string of the molecule is Cc1ccc(C(=O)c2ccncc2C)cc1Cl. The summed E-state index contributed by atoms with van der Waals surface area (Å²) in [5.74, 6) is -0.0215. The van der Waals surface area contributed by atoms with Crippen molar-refractivity contribution in [3.63, 3.8) is 0 Å². The van der Waals surface area contributed by atoms with Crippen LogP contribution in [0.25, 0.3) is 0 Å². The van der Waals surface area contributed by atoms with E-state index < -0.39 is 0 Å². The van der Waals surface area contributed by atoms with Crippen molar-refractivity contribution in [2.24, 2.45) is 0 Å². The highest BCUT2D eigenvalue weighted by Crippen LogP contribution is 2.20. The minimum absolute atomic E-state index is 0.0215. The molecule has 2 aromatic rings. The zero-order valence-corrected chi connectivity index (χ0v) is 10.5. The lowest BCUT2D eigenvalue weighted by Gasteiger charge is -2.05. The van der Waals surface area contributed by atoms with Gasteiger partial charge in [-0.3, -0.25) is 9.78 Å². The van der Waals surface area contributed by atoms with Crippen molar-refractivity contribution in [1.82, 2.24) is 4.98 Å². The van der Waals surface area contributed by atoms with Crippen LogP contribution in [0.15, 0.2) is 36.7 Å². The van der Waals surface area contributed by atoms with Gasteiger partial charge in [0.2, 0.25) is 0 Å². The van der Waals surface area contributed by atoms with Crippen molar-refractivity contribution in [1.29, 1.82) is 0 Å². The van der Waals surface area contributed by atoms with E-state index in [9.17, 15) is 4.79 Å². The van der Waals surface area contributed by atoms with E-state index in [2.05, 4.69) is 4.98 Å². The largest absolute Gasteiger partial charge is 0.289 e. The first-order chi connectivity index (χ1) is 8.09. The number of pyridine rings is 1. The number of aromatic nitrogens is 1. The molecule has 0 radical (unpaired) electrons. The third kappa shape index (κ3) is 2.37. The van der Waals surface area contributed by atoms with Crippen LogP contribution >= 0.6 is 11.6 Å². The van der Waals surface area contributed by atoms with Crippen LogP contribution in [0, 0.1) is 13.8 Å². The molecule has 0 atom stereocenters. The molecular weight excluding hydrogens is 234 g/mol. The van der Waals surface area contributed by atoms with Gasteiger partial charge in [0.15, 0.2) is 5.78 Å². The minimum atomic E-state index is -0.0215. The lowest BCUT2D eigenvalue weighted by Crippen LogP contribution is -2.04. The van der Waals surface area contributed by atoms with E-state index in [-0.39, 0.29) is 5.78 Å². The van der Waals surface area contributed by atoms with Crippen LogP contribution < -0.4 is 0 Å². The number of hydrogen-bond acceptors (Lipinski definition) is 2. The Bertz CT molecular complexity index is 578. The highest BCUT2D eigenvalue weighted by Gasteiger charge is 2.12. The fraction of sp³-hybridized carbons (Fsp3) is 0.143. The summed E-state index contributed by atoms with van der Waals surface area (Å²) in [6.07, 6.45) is 3.30. The third-order valence-corrected chi connectivity index (χ3v) is 3.11. The van der Waals surface area contributed by atoms with E-state index in [4.69, 9.17) is 11.6 Å². The standard InChI is InChI=1S/C14H12ClNO/c1-9-3-4-11(7-13(9)15)14(17)12-5-6-16-8-10(12)2/h3-8H,1-2H3. The molecule has 0 bridgehead atoms. The van der Waals surface area contributed by atoms with E-state index in [0.29, 0.717) is 16.1 Å². The van der Waals surface area contributed by atoms with E-state index >= 15 is 0 Å². The molecule has 17 heavy (non-hydrogen) atoms. The van der Waals surface area contributed by atoms with E-state index in [1.807, 2.05) is 19.9 Å². The van der Waals surface area contributed by atoms with Crippen LogP contribution in [0.1, 0.15) is 27.0 Å². The number of carbonyl (C=O) groups is 1. The van der Waals surface area contributed by atoms with Crippen LogP contribution in [-0.2, 0) is 0 Å². The monoisotopic (exact) mass is 245 g/mol. The summed E-state index contributed by atoms with van der Waals surface area (Å²) in [5.41, 5.74) is 3.11. The Labute approximate surface area is 105 Å². The molecule has 1 aromatic carbocycles. The Morgan fingerprint density at radius 3 is 2.59 bits per heavy atom. The predicted molar refractivity (Wildman–Crippen MR) is 68.6 cm³/mol.